The molecular weight excluding hydrogens is 398 g/mol. The molecule has 1 aliphatic carbocycles. The molecule has 5 amide bonds. The van der Waals surface area contributed by atoms with E-state index in [1.165, 1.54) is 0 Å². The fourth-order valence-corrected chi connectivity index (χ4v) is 4.88. The number of urea groups is 1. The van der Waals surface area contributed by atoms with Gasteiger partial charge in [-0.2, -0.15) is 5.01 Å². The van der Waals surface area contributed by atoms with Crippen molar-refractivity contribution in [1.29, 1.82) is 0 Å². The van der Waals surface area contributed by atoms with Crippen molar-refractivity contribution in [2.45, 2.75) is 89.6 Å². The first-order chi connectivity index (χ1) is 14.9. The van der Waals surface area contributed by atoms with E-state index < -0.39 is 11.6 Å². The fraction of sp³-hybridized carbons (Fsp3) is 0.818. The number of piperidine rings is 1. The highest BCUT2D eigenvalue weighted by atomic mass is 16.2. The standard InChI is InChI=1S/C22H37N5O4/c1-3-4-13-23-19(29)17-9-8-16(2)26(15-17)14-10-18(28)25-27-20(30)22(24-21(27)31)11-6-5-7-12-22/h16-17H,3-15H2,1-2H3,(H,23,29)(H,24,31)(H,25,28). The first-order valence-corrected chi connectivity index (χ1v) is 11.8. The number of nitrogens with zero attached hydrogens (tertiary/aromatic N) is 2. The van der Waals surface area contributed by atoms with Gasteiger partial charge in [0.1, 0.15) is 5.54 Å². The lowest BCUT2D eigenvalue weighted by molar-refractivity contribution is -0.140. The lowest BCUT2D eigenvalue weighted by Gasteiger charge is -2.37. The molecule has 1 spiro atoms. The zero-order chi connectivity index (χ0) is 22.4. The van der Waals surface area contributed by atoms with Gasteiger partial charge in [-0.3, -0.25) is 24.7 Å². The van der Waals surface area contributed by atoms with Gasteiger partial charge in [0.05, 0.1) is 5.92 Å². The van der Waals surface area contributed by atoms with E-state index in [-0.39, 0.29) is 36.1 Å². The summed E-state index contributed by atoms with van der Waals surface area (Å²) in [5, 5.41) is 6.66. The average Bonchev–Trinajstić information content (AvgIpc) is 2.97. The predicted octanol–water partition coefficient (Wildman–Crippen LogP) is 1.68. The van der Waals surface area contributed by atoms with E-state index in [4.69, 9.17) is 0 Å². The first-order valence-electron chi connectivity index (χ1n) is 11.8. The number of nitrogens with one attached hydrogen (secondary N) is 3. The highest BCUT2D eigenvalue weighted by Gasteiger charge is 2.52. The average molecular weight is 436 g/mol. The van der Waals surface area contributed by atoms with E-state index >= 15 is 0 Å². The van der Waals surface area contributed by atoms with Gasteiger partial charge in [-0.1, -0.05) is 32.6 Å². The largest absolute Gasteiger partial charge is 0.356 e. The molecule has 2 saturated heterocycles. The summed E-state index contributed by atoms with van der Waals surface area (Å²) < 4.78 is 0. The van der Waals surface area contributed by atoms with Crippen molar-refractivity contribution in [2.24, 2.45) is 5.92 Å². The SMILES string of the molecule is CCCCNC(=O)C1CCC(C)N(CCC(=O)NN2C(=O)NC3(CCCCC3)C2=O)C1. The van der Waals surface area contributed by atoms with Crippen LogP contribution < -0.4 is 16.1 Å². The van der Waals surface area contributed by atoms with Gasteiger partial charge in [0, 0.05) is 32.1 Å². The van der Waals surface area contributed by atoms with Crippen molar-refractivity contribution in [3.63, 3.8) is 0 Å². The van der Waals surface area contributed by atoms with Crippen molar-refractivity contribution in [3.8, 4) is 0 Å². The van der Waals surface area contributed by atoms with Gasteiger partial charge in [-0.25, -0.2) is 4.79 Å². The number of carbonyl (C=O) groups is 4. The lowest BCUT2D eigenvalue weighted by Crippen LogP contribution is -2.51. The number of hydrazine groups is 1. The molecule has 3 fully saturated rings. The van der Waals surface area contributed by atoms with Crippen LogP contribution in [0.3, 0.4) is 0 Å². The maximum atomic E-state index is 12.8. The van der Waals surface area contributed by atoms with E-state index in [0.29, 0.717) is 32.5 Å². The van der Waals surface area contributed by atoms with Crippen LogP contribution in [-0.2, 0) is 14.4 Å². The minimum absolute atomic E-state index is 0.0618. The summed E-state index contributed by atoms with van der Waals surface area (Å²) in [5.41, 5.74) is 1.65. The molecule has 31 heavy (non-hydrogen) atoms. The number of likely N-dealkylation sites (tertiary alicyclic amines) is 1. The minimum atomic E-state index is -0.845. The monoisotopic (exact) mass is 435 g/mol. The van der Waals surface area contributed by atoms with Gasteiger partial charge < -0.3 is 10.6 Å². The number of hydrogen-bond acceptors (Lipinski definition) is 5. The van der Waals surface area contributed by atoms with Crippen molar-refractivity contribution in [3.05, 3.63) is 0 Å². The maximum Gasteiger partial charge on any atom is 0.344 e. The minimum Gasteiger partial charge on any atom is -0.356 e. The summed E-state index contributed by atoms with van der Waals surface area (Å²) in [6, 6.07) is -0.259. The molecular formula is C22H37N5O4. The van der Waals surface area contributed by atoms with Gasteiger partial charge >= 0.3 is 6.03 Å². The lowest BCUT2D eigenvalue weighted by atomic mass is 9.82. The van der Waals surface area contributed by atoms with Crippen LogP contribution in [0.25, 0.3) is 0 Å². The topological polar surface area (TPSA) is 111 Å². The summed E-state index contributed by atoms with van der Waals surface area (Å²) in [5.74, 6) is -0.682. The van der Waals surface area contributed by atoms with Crippen LogP contribution in [0, 0.1) is 5.92 Å². The molecule has 1 saturated carbocycles. The van der Waals surface area contributed by atoms with Gasteiger partial charge in [-0.15, -0.1) is 0 Å². The van der Waals surface area contributed by atoms with Crippen molar-refractivity contribution < 1.29 is 19.2 Å². The van der Waals surface area contributed by atoms with E-state index in [9.17, 15) is 19.2 Å². The molecule has 0 bridgehead atoms. The second kappa shape index (κ2) is 10.4. The molecule has 2 atom stereocenters. The Morgan fingerprint density at radius 3 is 2.61 bits per heavy atom. The highest BCUT2D eigenvalue weighted by molar-refractivity contribution is 6.08. The second-order valence-corrected chi connectivity index (χ2v) is 9.26. The summed E-state index contributed by atoms with van der Waals surface area (Å²) in [6.07, 6.45) is 8.04. The van der Waals surface area contributed by atoms with Gasteiger partial charge in [0.2, 0.25) is 11.8 Å². The molecule has 174 valence electrons. The molecule has 9 heteroatoms. The van der Waals surface area contributed by atoms with Crippen LogP contribution in [0.5, 0.6) is 0 Å². The van der Waals surface area contributed by atoms with Crippen LogP contribution in [0.15, 0.2) is 0 Å². The Kier molecular flexibility index (Phi) is 7.91. The molecule has 2 unspecified atom stereocenters. The number of amides is 5. The van der Waals surface area contributed by atoms with Crippen LogP contribution in [0.2, 0.25) is 0 Å². The summed E-state index contributed by atoms with van der Waals surface area (Å²) in [6.45, 7) is 6.01. The predicted molar refractivity (Wildman–Crippen MR) is 116 cm³/mol. The molecule has 0 aromatic rings. The van der Waals surface area contributed by atoms with Crippen LogP contribution in [-0.4, -0.2) is 64.9 Å². The maximum absolute atomic E-state index is 12.8. The molecule has 2 aliphatic heterocycles. The van der Waals surface area contributed by atoms with Gasteiger partial charge in [-0.05, 0) is 39.0 Å². The Morgan fingerprint density at radius 1 is 1.16 bits per heavy atom. The van der Waals surface area contributed by atoms with Gasteiger partial charge in [0.15, 0.2) is 0 Å². The van der Waals surface area contributed by atoms with E-state index in [1.807, 2.05) is 0 Å². The van der Waals surface area contributed by atoms with E-state index in [1.54, 1.807) is 0 Å². The number of carbonyl (C=O) groups excluding carboxylic acids is 4. The zero-order valence-electron chi connectivity index (χ0n) is 18.9. The number of imide groups is 1. The zero-order valence-corrected chi connectivity index (χ0v) is 18.9. The van der Waals surface area contributed by atoms with Crippen molar-refractivity contribution in [1.82, 2.24) is 26.0 Å². The number of hydrogen-bond donors (Lipinski definition) is 3. The molecule has 0 aromatic carbocycles. The first kappa shape index (κ1) is 23.5. The summed E-state index contributed by atoms with van der Waals surface area (Å²) in [7, 11) is 0. The molecule has 3 rings (SSSR count). The molecule has 9 nitrogen and oxygen atoms in total. The van der Waals surface area contributed by atoms with Gasteiger partial charge in [0.25, 0.3) is 5.91 Å². The Morgan fingerprint density at radius 2 is 1.90 bits per heavy atom. The third-order valence-electron chi connectivity index (χ3n) is 6.94. The van der Waals surface area contributed by atoms with Crippen LogP contribution in [0.4, 0.5) is 4.79 Å². The second-order valence-electron chi connectivity index (χ2n) is 9.26. The Balaban J connectivity index is 1.47. The Labute approximate surface area is 184 Å². The third kappa shape index (κ3) is 5.56. The Hall–Kier alpha value is -2.16. The molecule has 0 aromatic heterocycles. The number of unbranched alkanes of at least 4 members (excludes halogenated alkanes) is 1. The molecule has 0 radical (unpaired) electrons. The summed E-state index contributed by atoms with van der Waals surface area (Å²) >= 11 is 0. The molecule has 2 heterocycles. The van der Waals surface area contributed by atoms with Crippen LogP contribution in [0.1, 0.15) is 78.1 Å². The number of rotatable bonds is 8. The smallest absolute Gasteiger partial charge is 0.344 e. The Bertz CT molecular complexity index is 691. The normalized spacial score (nSPS) is 26.1. The summed E-state index contributed by atoms with van der Waals surface area (Å²) in [4.78, 5) is 52.2. The molecule has 3 aliphatic rings. The highest BCUT2D eigenvalue weighted by Crippen LogP contribution is 2.33. The third-order valence-corrected chi connectivity index (χ3v) is 6.94. The van der Waals surface area contributed by atoms with Crippen molar-refractivity contribution >= 4 is 23.8 Å². The van der Waals surface area contributed by atoms with Crippen molar-refractivity contribution in [2.75, 3.05) is 19.6 Å². The quantitative estimate of drug-likeness (QED) is 0.397. The van der Waals surface area contributed by atoms with E-state index in [0.717, 1.165) is 50.0 Å². The fourth-order valence-electron chi connectivity index (χ4n) is 4.88. The molecule has 3 N–H and O–H groups in total. The van der Waals surface area contributed by atoms with E-state index in [2.05, 4.69) is 34.8 Å². The van der Waals surface area contributed by atoms with Crippen LogP contribution >= 0.6 is 0 Å².